The molecule has 0 aliphatic heterocycles. The van der Waals surface area contributed by atoms with E-state index in [1.54, 1.807) is 46.1 Å². The first-order valence-electron chi connectivity index (χ1n) is 9.90. The summed E-state index contributed by atoms with van der Waals surface area (Å²) in [5.41, 5.74) is 2.76. The van der Waals surface area contributed by atoms with E-state index in [9.17, 15) is 26.9 Å². The molecule has 0 amide bonds. The average molecular weight is 486 g/mol. The first-order valence-corrected chi connectivity index (χ1v) is 11.4. The molecule has 34 heavy (non-hydrogen) atoms. The van der Waals surface area contributed by atoms with Gasteiger partial charge in [-0.2, -0.15) is 23.2 Å². The summed E-state index contributed by atoms with van der Waals surface area (Å²) in [5.74, 6) is 0. The lowest BCUT2D eigenvalue weighted by molar-refractivity contribution is -0.147. The Hall–Kier alpha value is -3.82. The number of aryl methyl sites for hydroxylation is 1. The van der Waals surface area contributed by atoms with Crippen molar-refractivity contribution in [2.45, 2.75) is 31.0 Å². The van der Waals surface area contributed by atoms with E-state index in [-0.39, 0.29) is 11.3 Å². The lowest BCUT2D eigenvalue weighted by Gasteiger charge is -2.17. The van der Waals surface area contributed by atoms with Crippen LogP contribution in [0.15, 0.2) is 60.0 Å². The number of pyridine rings is 3. The van der Waals surface area contributed by atoms with Crippen molar-refractivity contribution in [2.75, 3.05) is 0 Å². The number of hydrogen-bond acceptors (Lipinski definition) is 6. The van der Waals surface area contributed by atoms with E-state index in [0.29, 0.717) is 29.3 Å². The maximum Gasteiger partial charge on any atom is 0.404 e. The Labute approximate surface area is 192 Å². The summed E-state index contributed by atoms with van der Waals surface area (Å²) in [6.45, 7) is 2.54. The molecule has 0 bridgehead atoms. The molecule has 12 heteroatoms. The summed E-state index contributed by atoms with van der Waals surface area (Å²) in [6.07, 6.45) is 1.03. The molecule has 174 valence electrons. The zero-order chi connectivity index (χ0) is 24.7. The topological polar surface area (TPSA) is 114 Å². The summed E-state index contributed by atoms with van der Waals surface area (Å²) < 4.78 is 66.5. The number of fused-ring (bicyclic) bond motifs is 1. The Balaban J connectivity index is 1.87. The Morgan fingerprint density at radius 3 is 2.50 bits per heavy atom. The molecule has 4 aromatic rings. The molecule has 1 atom stereocenters. The van der Waals surface area contributed by atoms with E-state index in [1.165, 1.54) is 6.07 Å². The molecule has 4 rings (SSSR count). The second-order valence-corrected chi connectivity index (χ2v) is 9.24. The van der Waals surface area contributed by atoms with Crippen LogP contribution >= 0.6 is 0 Å². The zero-order valence-corrected chi connectivity index (χ0v) is 18.7. The predicted molar refractivity (Wildman–Crippen MR) is 117 cm³/mol. The highest BCUT2D eigenvalue weighted by Crippen LogP contribution is 2.35. The third-order valence-electron chi connectivity index (χ3n) is 5.07. The van der Waals surface area contributed by atoms with E-state index in [0.717, 1.165) is 17.8 Å². The second-order valence-electron chi connectivity index (χ2n) is 7.53. The van der Waals surface area contributed by atoms with Crippen molar-refractivity contribution in [3.63, 3.8) is 0 Å². The van der Waals surface area contributed by atoms with Gasteiger partial charge in [-0.05, 0) is 49.7 Å². The Bertz CT molecular complexity index is 1510. The van der Waals surface area contributed by atoms with Crippen molar-refractivity contribution in [3.05, 3.63) is 66.2 Å². The fourth-order valence-corrected chi connectivity index (χ4v) is 4.58. The van der Waals surface area contributed by atoms with Crippen molar-refractivity contribution in [1.29, 1.82) is 5.26 Å². The molecule has 0 saturated carbocycles. The summed E-state index contributed by atoms with van der Waals surface area (Å²) in [5, 5.41) is 10.5. The van der Waals surface area contributed by atoms with Crippen molar-refractivity contribution in [2.24, 2.45) is 0 Å². The van der Waals surface area contributed by atoms with Crippen LogP contribution in [0, 0.1) is 18.3 Å². The van der Waals surface area contributed by atoms with Crippen molar-refractivity contribution in [3.8, 4) is 23.1 Å². The fraction of sp³-hybridized carbons (Fsp3) is 0.182. The van der Waals surface area contributed by atoms with Gasteiger partial charge < -0.3 is 0 Å². The van der Waals surface area contributed by atoms with Gasteiger partial charge in [0.2, 0.25) is 10.0 Å². The molecule has 0 aliphatic rings. The standard InChI is InChI=1S/C22H17F3N6O2S/c1-13-8-17-18(9-26)20(31(21(17)29-10-13)15-4-3-7-27-11-15)19-6-5-16(12-28-19)34(32,33)30-14(2)22(23,24)25/h3-8,10-12,14,30H,1-2H3/t14-/m0/s1. The average Bonchev–Trinajstić information content (AvgIpc) is 3.12. The van der Waals surface area contributed by atoms with Crippen LogP contribution in [0.1, 0.15) is 18.1 Å². The number of nitrogens with zero attached hydrogens (tertiary/aromatic N) is 5. The van der Waals surface area contributed by atoms with Crippen molar-refractivity contribution in [1.82, 2.24) is 24.2 Å². The molecule has 0 saturated heterocycles. The van der Waals surface area contributed by atoms with Gasteiger partial charge in [-0.3, -0.25) is 14.5 Å². The minimum absolute atomic E-state index is 0.235. The minimum atomic E-state index is -4.74. The van der Waals surface area contributed by atoms with E-state index >= 15 is 0 Å². The summed E-state index contributed by atoms with van der Waals surface area (Å²) >= 11 is 0. The Morgan fingerprint density at radius 1 is 1.15 bits per heavy atom. The monoisotopic (exact) mass is 486 g/mol. The summed E-state index contributed by atoms with van der Waals surface area (Å²) in [6, 6.07) is 7.64. The largest absolute Gasteiger partial charge is 0.404 e. The minimum Gasteiger partial charge on any atom is -0.289 e. The molecule has 4 heterocycles. The highest BCUT2D eigenvalue weighted by atomic mass is 32.2. The molecule has 0 aliphatic carbocycles. The third kappa shape index (κ3) is 4.23. The summed E-state index contributed by atoms with van der Waals surface area (Å²) in [7, 11) is -4.48. The van der Waals surface area contributed by atoms with Gasteiger partial charge in [0.15, 0.2) is 0 Å². The first-order chi connectivity index (χ1) is 16.0. The lowest BCUT2D eigenvalue weighted by Crippen LogP contribution is -2.42. The molecule has 0 radical (unpaired) electrons. The predicted octanol–water partition coefficient (Wildman–Crippen LogP) is 3.89. The van der Waals surface area contributed by atoms with Crippen LogP contribution in [0.25, 0.3) is 28.1 Å². The molecule has 4 aromatic heterocycles. The molecular formula is C22H17F3N6O2S. The highest BCUT2D eigenvalue weighted by molar-refractivity contribution is 7.89. The van der Waals surface area contributed by atoms with Gasteiger partial charge in [-0.15, -0.1) is 0 Å². The van der Waals surface area contributed by atoms with E-state index in [4.69, 9.17) is 0 Å². The SMILES string of the molecule is Cc1cnc2c(c1)c(C#N)c(-c1ccc(S(=O)(=O)N[C@@H](C)C(F)(F)F)cn1)n2-c1cccnc1. The van der Waals surface area contributed by atoms with Gasteiger partial charge in [-0.1, -0.05) is 0 Å². The molecule has 0 aromatic carbocycles. The van der Waals surface area contributed by atoms with Crippen molar-refractivity contribution < 1.29 is 21.6 Å². The number of hydrogen-bond donors (Lipinski definition) is 1. The maximum absolute atomic E-state index is 12.8. The smallest absolute Gasteiger partial charge is 0.289 e. The molecule has 0 spiro atoms. The molecular weight excluding hydrogens is 469 g/mol. The van der Waals surface area contributed by atoms with Gasteiger partial charge >= 0.3 is 6.18 Å². The van der Waals surface area contributed by atoms with Gasteiger partial charge in [0, 0.05) is 24.0 Å². The highest BCUT2D eigenvalue weighted by Gasteiger charge is 2.39. The van der Waals surface area contributed by atoms with E-state index in [1.807, 2.05) is 6.92 Å². The number of nitrogens with one attached hydrogen (secondary N) is 1. The molecule has 0 fully saturated rings. The maximum atomic E-state index is 12.8. The number of halogens is 3. The van der Waals surface area contributed by atoms with Crippen LogP contribution < -0.4 is 4.72 Å². The van der Waals surface area contributed by atoms with Gasteiger partial charge in [-0.25, -0.2) is 13.4 Å². The molecule has 8 nitrogen and oxygen atoms in total. The van der Waals surface area contributed by atoms with Crippen molar-refractivity contribution >= 4 is 21.1 Å². The van der Waals surface area contributed by atoms with Crippen LogP contribution in [0.2, 0.25) is 0 Å². The second kappa shape index (κ2) is 8.51. The van der Waals surface area contributed by atoms with Crippen LogP contribution in [-0.2, 0) is 10.0 Å². The van der Waals surface area contributed by atoms with Crippen LogP contribution in [0.4, 0.5) is 13.2 Å². The van der Waals surface area contributed by atoms with Gasteiger partial charge in [0.25, 0.3) is 0 Å². The number of aromatic nitrogens is 4. The van der Waals surface area contributed by atoms with Crippen LogP contribution in [-0.4, -0.2) is 40.2 Å². The Kier molecular flexibility index (Phi) is 5.84. The Morgan fingerprint density at radius 2 is 1.91 bits per heavy atom. The number of sulfonamides is 1. The number of nitriles is 1. The van der Waals surface area contributed by atoms with Gasteiger partial charge in [0.1, 0.15) is 22.7 Å². The zero-order valence-electron chi connectivity index (χ0n) is 17.9. The van der Waals surface area contributed by atoms with Gasteiger partial charge in [0.05, 0.1) is 28.8 Å². The lowest BCUT2D eigenvalue weighted by atomic mass is 10.1. The van der Waals surface area contributed by atoms with Crippen LogP contribution in [0.5, 0.6) is 0 Å². The molecule has 0 unspecified atom stereocenters. The van der Waals surface area contributed by atoms with Crippen LogP contribution in [0.3, 0.4) is 0 Å². The number of alkyl halides is 3. The fourth-order valence-electron chi connectivity index (χ4n) is 3.41. The van der Waals surface area contributed by atoms with E-state index < -0.39 is 27.1 Å². The van der Waals surface area contributed by atoms with E-state index in [2.05, 4.69) is 21.0 Å². The molecule has 1 N–H and O–H groups in total. The summed E-state index contributed by atoms with van der Waals surface area (Å²) in [4.78, 5) is 12.3. The quantitative estimate of drug-likeness (QED) is 0.458. The number of rotatable bonds is 5. The third-order valence-corrected chi connectivity index (χ3v) is 6.60. The normalized spacial score (nSPS) is 13.1. The first kappa shape index (κ1) is 23.3.